The highest BCUT2D eigenvalue weighted by Crippen LogP contribution is 2.29. The fourth-order valence-electron chi connectivity index (χ4n) is 2.54. The lowest BCUT2D eigenvalue weighted by atomic mass is 10.0. The number of anilines is 1. The normalized spacial score (nSPS) is 11.6. The van der Waals surface area contributed by atoms with Crippen molar-refractivity contribution < 1.29 is 27.1 Å². The van der Waals surface area contributed by atoms with Gasteiger partial charge in [0.2, 0.25) is 0 Å². The van der Waals surface area contributed by atoms with Crippen molar-refractivity contribution >= 4 is 18.0 Å². The molecule has 1 N–H and O–H groups in total. The zero-order valence-corrected chi connectivity index (χ0v) is 15.4. The maximum atomic E-state index is 12.5. The second-order valence-corrected chi connectivity index (χ2v) is 6.02. The third-order valence-electron chi connectivity index (χ3n) is 4.00. The van der Waals surface area contributed by atoms with Crippen molar-refractivity contribution in [2.45, 2.75) is 13.1 Å². The summed E-state index contributed by atoms with van der Waals surface area (Å²) >= 11 is 0. The van der Waals surface area contributed by atoms with Crippen molar-refractivity contribution in [2.24, 2.45) is 5.10 Å². The standard InChI is InChI=1S/C20H16F3N3O3/c1-12-9-13(19(27)28-2)3-6-16(12)17-7-5-15(29-17)11-25-26-18-8-4-14(10-24-18)20(21,22)23/h3-11H,1-2H3,(H,24,26)/b25-11-. The first kappa shape index (κ1) is 20.1. The van der Waals surface area contributed by atoms with Gasteiger partial charge in [-0.1, -0.05) is 6.07 Å². The number of furan rings is 1. The smallest absolute Gasteiger partial charge is 0.417 e. The molecule has 0 aliphatic heterocycles. The number of carbonyl (C=O) groups is 1. The van der Waals surface area contributed by atoms with Crippen LogP contribution in [0.4, 0.5) is 19.0 Å². The van der Waals surface area contributed by atoms with Crippen LogP contribution >= 0.6 is 0 Å². The third kappa shape index (κ3) is 4.81. The van der Waals surface area contributed by atoms with Gasteiger partial charge in [-0.2, -0.15) is 18.3 Å². The third-order valence-corrected chi connectivity index (χ3v) is 4.00. The number of nitrogens with zero attached hydrogens (tertiary/aromatic N) is 2. The number of hydrogen-bond donors (Lipinski definition) is 1. The molecule has 2 heterocycles. The number of carbonyl (C=O) groups excluding carboxylic acids is 1. The minimum absolute atomic E-state index is 0.162. The van der Waals surface area contributed by atoms with Gasteiger partial charge in [0.25, 0.3) is 0 Å². The number of benzene rings is 1. The Balaban J connectivity index is 1.68. The first-order chi connectivity index (χ1) is 13.8. The summed E-state index contributed by atoms with van der Waals surface area (Å²) < 4.78 is 48.0. The van der Waals surface area contributed by atoms with E-state index in [0.717, 1.165) is 23.4 Å². The molecule has 6 nitrogen and oxygen atoms in total. The van der Waals surface area contributed by atoms with Crippen LogP contribution in [-0.2, 0) is 10.9 Å². The highest BCUT2D eigenvalue weighted by atomic mass is 19.4. The van der Waals surface area contributed by atoms with Crippen molar-refractivity contribution in [3.8, 4) is 11.3 Å². The molecule has 0 unspecified atom stereocenters. The maximum absolute atomic E-state index is 12.5. The van der Waals surface area contributed by atoms with E-state index in [2.05, 4.69) is 15.5 Å². The monoisotopic (exact) mass is 403 g/mol. The Kier molecular flexibility index (Phi) is 5.67. The molecular formula is C20H16F3N3O3. The molecule has 0 saturated heterocycles. The highest BCUT2D eigenvalue weighted by molar-refractivity contribution is 5.90. The van der Waals surface area contributed by atoms with Crippen molar-refractivity contribution in [1.29, 1.82) is 0 Å². The summed E-state index contributed by atoms with van der Waals surface area (Å²) in [6.45, 7) is 1.84. The predicted octanol–water partition coefficient (Wildman–Crippen LogP) is 4.90. The summed E-state index contributed by atoms with van der Waals surface area (Å²) in [6.07, 6.45) is -2.34. The number of nitrogens with one attached hydrogen (secondary N) is 1. The van der Waals surface area contributed by atoms with Crippen LogP contribution in [0, 0.1) is 6.92 Å². The van der Waals surface area contributed by atoms with Gasteiger partial charge in [0, 0.05) is 11.8 Å². The number of esters is 1. The number of hydrazone groups is 1. The molecule has 0 amide bonds. The fraction of sp³-hybridized carbons (Fsp3) is 0.150. The van der Waals surface area contributed by atoms with Crippen LogP contribution in [0.3, 0.4) is 0 Å². The maximum Gasteiger partial charge on any atom is 0.417 e. The largest absolute Gasteiger partial charge is 0.465 e. The molecule has 1 aromatic carbocycles. The molecule has 3 aromatic rings. The van der Waals surface area contributed by atoms with Crippen LogP contribution in [0.2, 0.25) is 0 Å². The van der Waals surface area contributed by atoms with Crippen LogP contribution in [0.5, 0.6) is 0 Å². The van der Waals surface area contributed by atoms with E-state index in [9.17, 15) is 18.0 Å². The molecule has 0 aliphatic carbocycles. The molecule has 0 saturated carbocycles. The van der Waals surface area contributed by atoms with Crippen LogP contribution in [-0.4, -0.2) is 24.3 Å². The van der Waals surface area contributed by atoms with E-state index < -0.39 is 17.7 Å². The number of rotatable bonds is 5. The Hall–Kier alpha value is -3.62. The van der Waals surface area contributed by atoms with Gasteiger partial charge >= 0.3 is 12.1 Å². The van der Waals surface area contributed by atoms with Gasteiger partial charge in [-0.25, -0.2) is 9.78 Å². The summed E-state index contributed by atoms with van der Waals surface area (Å²) in [5.74, 6) is 0.744. The zero-order valence-electron chi connectivity index (χ0n) is 15.4. The second-order valence-electron chi connectivity index (χ2n) is 6.02. The van der Waals surface area contributed by atoms with Gasteiger partial charge < -0.3 is 9.15 Å². The molecule has 9 heteroatoms. The lowest BCUT2D eigenvalue weighted by Crippen LogP contribution is -2.05. The van der Waals surface area contributed by atoms with E-state index in [-0.39, 0.29) is 5.82 Å². The van der Waals surface area contributed by atoms with Crippen LogP contribution in [0.1, 0.15) is 27.2 Å². The molecule has 0 atom stereocenters. The van der Waals surface area contributed by atoms with Crippen LogP contribution in [0.15, 0.2) is 58.2 Å². The Morgan fingerprint density at radius 3 is 2.62 bits per heavy atom. The zero-order chi connectivity index (χ0) is 21.0. The summed E-state index contributed by atoms with van der Waals surface area (Å²) in [6, 6.07) is 10.6. The van der Waals surface area contributed by atoms with E-state index in [4.69, 9.17) is 9.15 Å². The number of halogens is 3. The molecule has 0 fully saturated rings. The number of aromatic nitrogens is 1. The molecule has 2 aromatic heterocycles. The number of alkyl halides is 3. The van der Waals surface area contributed by atoms with Gasteiger partial charge in [-0.15, -0.1) is 0 Å². The van der Waals surface area contributed by atoms with Crippen molar-refractivity contribution in [2.75, 3.05) is 12.5 Å². The number of aryl methyl sites for hydroxylation is 1. The molecule has 0 bridgehead atoms. The second kappa shape index (κ2) is 8.17. The predicted molar refractivity (Wildman–Crippen MR) is 101 cm³/mol. The van der Waals surface area contributed by atoms with Crippen molar-refractivity contribution in [1.82, 2.24) is 4.98 Å². The SMILES string of the molecule is COC(=O)c1ccc(-c2ccc(/C=N\Nc3ccc(C(F)(F)F)cn3)o2)c(C)c1. The molecular weight excluding hydrogens is 387 g/mol. The molecule has 150 valence electrons. The minimum atomic E-state index is -4.44. The quantitative estimate of drug-likeness (QED) is 0.372. The van der Waals surface area contributed by atoms with E-state index in [0.29, 0.717) is 17.1 Å². The van der Waals surface area contributed by atoms with Gasteiger partial charge in [0.1, 0.15) is 17.3 Å². The summed E-state index contributed by atoms with van der Waals surface area (Å²) in [5.41, 5.74) is 3.77. The topological polar surface area (TPSA) is 76.7 Å². The average Bonchev–Trinajstić information content (AvgIpc) is 3.15. The molecule has 0 radical (unpaired) electrons. The average molecular weight is 403 g/mol. The molecule has 29 heavy (non-hydrogen) atoms. The summed E-state index contributed by atoms with van der Waals surface area (Å²) in [5, 5.41) is 3.91. The van der Waals surface area contributed by atoms with Gasteiger partial charge in [0.15, 0.2) is 0 Å². The number of methoxy groups -OCH3 is 1. The lowest BCUT2D eigenvalue weighted by molar-refractivity contribution is -0.137. The Morgan fingerprint density at radius 1 is 1.21 bits per heavy atom. The van der Waals surface area contributed by atoms with E-state index in [1.54, 1.807) is 30.3 Å². The number of pyridine rings is 1. The Bertz CT molecular complexity index is 1040. The van der Waals surface area contributed by atoms with Crippen LogP contribution < -0.4 is 5.43 Å². The number of ether oxygens (including phenoxy) is 1. The van der Waals surface area contributed by atoms with Gasteiger partial charge in [-0.05, 0) is 48.9 Å². The van der Waals surface area contributed by atoms with Gasteiger partial charge in [-0.3, -0.25) is 5.43 Å². The van der Waals surface area contributed by atoms with Crippen LogP contribution in [0.25, 0.3) is 11.3 Å². The molecule has 3 rings (SSSR count). The van der Waals surface area contributed by atoms with E-state index >= 15 is 0 Å². The van der Waals surface area contributed by atoms with Gasteiger partial charge in [0.05, 0.1) is 24.5 Å². The first-order valence-electron chi connectivity index (χ1n) is 8.39. The Labute approximate surface area is 164 Å². The van der Waals surface area contributed by atoms with Crippen molar-refractivity contribution in [3.63, 3.8) is 0 Å². The van der Waals surface area contributed by atoms with E-state index in [1.165, 1.54) is 19.4 Å². The van der Waals surface area contributed by atoms with E-state index in [1.807, 2.05) is 6.92 Å². The fourth-order valence-corrected chi connectivity index (χ4v) is 2.54. The van der Waals surface area contributed by atoms with Crippen molar-refractivity contribution in [3.05, 3.63) is 71.1 Å². The lowest BCUT2D eigenvalue weighted by Gasteiger charge is -2.06. The Morgan fingerprint density at radius 2 is 2.00 bits per heavy atom. The molecule has 0 aliphatic rings. The highest BCUT2D eigenvalue weighted by Gasteiger charge is 2.30. The summed E-state index contributed by atoms with van der Waals surface area (Å²) in [4.78, 5) is 15.2. The summed E-state index contributed by atoms with van der Waals surface area (Å²) in [7, 11) is 1.32. The minimum Gasteiger partial charge on any atom is -0.465 e. The number of hydrogen-bond acceptors (Lipinski definition) is 6. The first-order valence-corrected chi connectivity index (χ1v) is 8.39. The molecule has 0 spiro atoms.